The zero-order chi connectivity index (χ0) is 19.8. The van der Waals surface area contributed by atoms with E-state index in [0.717, 1.165) is 75.5 Å². The summed E-state index contributed by atoms with van der Waals surface area (Å²) in [5, 5.41) is 0. The Labute approximate surface area is 173 Å². The summed E-state index contributed by atoms with van der Waals surface area (Å²) in [7, 11) is 1.76. The molecular formula is C22H34N2O3S. The predicted octanol–water partition coefficient (Wildman–Crippen LogP) is 3.39. The van der Waals surface area contributed by atoms with Gasteiger partial charge in [0.25, 0.3) is 5.91 Å². The average molecular weight is 407 g/mol. The molecule has 2 saturated heterocycles. The monoisotopic (exact) mass is 406 g/mol. The SMILES string of the molecule is COCCN1CCC(CN(C[C@H]2CCCO2)C(=O)c2ccccc2SC)CC1. The number of ether oxygens (including phenoxy) is 2. The highest BCUT2D eigenvalue weighted by molar-refractivity contribution is 7.98. The van der Waals surface area contributed by atoms with Crippen LogP contribution in [-0.2, 0) is 9.47 Å². The lowest BCUT2D eigenvalue weighted by molar-refractivity contribution is 0.0434. The van der Waals surface area contributed by atoms with Crippen molar-refractivity contribution in [1.82, 2.24) is 9.80 Å². The van der Waals surface area contributed by atoms with Crippen LogP contribution in [0, 0.1) is 5.92 Å². The van der Waals surface area contributed by atoms with Crippen molar-refractivity contribution >= 4 is 17.7 Å². The molecule has 0 aliphatic carbocycles. The minimum Gasteiger partial charge on any atom is -0.383 e. The molecule has 2 aliphatic rings. The number of carbonyl (C=O) groups is 1. The van der Waals surface area contributed by atoms with Gasteiger partial charge in [0.1, 0.15) is 0 Å². The van der Waals surface area contributed by atoms with Crippen molar-refractivity contribution in [3.63, 3.8) is 0 Å². The van der Waals surface area contributed by atoms with Gasteiger partial charge >= 0.3 is 0 Å². The van der Waals surface area contributed by atoms with Crippen LogP contribution < -0.4 is 0 Å². The van der Waals surface area contributed by atoms with Crippen LogP contribution in [-0.4, -0.2) is 81.1 Å². The molecule has 156 valence electrons. The number of thioether (sulfide) groups is 1. The van der Waals surface area contributed by atoms with Crippen LogP contribution in [0.15, 0.2) is 29.2 Å². The number of likely N-dealkylation sites (tertiary alicyclic amines) is 1. The molecule has 0 aromatic heterocycles. The van der Waals surface area contributed by atoms with Gasteiger partial charge in [-0.2, -0.15) is 0 Å². The molecule has 1 aromatic rings. The maximum absolute atomic E-state index is 13.4. The van der Waals surface area contributed by atoms with Crippen LogP contribution in [0.25, 0.3) is 0 Å². The first kappa shape index (κ1) is 21.6. The Bertz CT molecular complexity index is 614. The molecule has 1 amide bonds. The molecule has 0 bridgehead atoms. The van der Waals surface area contributed by atoms with Crippen LogP contribution >= 0.6 is 11.8 Å². The fourth-order valence-corrected chi connectivity index (χ4v) is 4.78. The lowest BCUT2D eigenvalue weighted by Crippen LogP contribution is -2.44. The first-order chi connectivity index (χ1) is 13.7. The largest absolute Gasteiger partial charge is 0.383 e. The number of hydrogen-bond acceptors (Lipinski definition) is 5. The van der Waals surface area contributed by atoms with Gasteiger partial charge in [0, 0.05) is 38.2 Å². The average Bonchev–Trinajstić information content (AvgIpc) is 3.25. The molecule has 0 radical (unpaired) electrons. The second kappa shape index (κ2) is 11.2. The molecule has 2 aliphatic heterocycles. The van der Waals surface area contributed by atoms with Crippen LogP contribution in [0.4, 0.5) is 0 Å². The first-order valence-corrected chi connectivity index (χ1v) is 11.7. The third-order valence-corrected chi connectivity index (χ3v) is 6.67. The minimum absolute atomic E-state index is 0.155. The number of nitrogens with zero attached hydrogens (tertiary/aromatic N) is 2. The molecule has 0 spiro atoms. The molecule has 1 aromatic carbocycles. The fourth-order valence-electron chi connectivity index (χ4n) is 4.19. The Hall–Kier alpha value is -1.08. The summed E-state index contributed by atoms with van der Waals surface area (Å²) in [6, 6.07) is 7.97. The van der Waals surface area contributed by atoms with Gasteiger partial charge in [-0.05, 0) is 63.1 Å². The van der Waals surface area contributed by atoms with Gasteiger partial charge in [-0.25, -0.2) is 0 Å². The summed E-state index contributed by atoms with van der Waals surface area (Å²) in [6.07, 6.45) is 6.67. The number of rotatable bonds is 9. The smallest absolute Gasteiger partial charge is 0.255 e. The van der Waals surface area contributed by atoms with E-state index < -0.39 is 0 Å². The van der Waals surface area contributed by atoms with E-state index in [2.05, 4.69) is 9.80 Å². The van der Waals surface area contributed by atoms with E-state index in [1.807, 2.05) is 30.5 Å². The molecule has 2 heterocycles. The molecule has 0 unspecified atom stereocenters. The molecule has 6 heteroatoms. The highest BCUT2D eigenvalue weighted by atomic mass is 32.2. The standard InChI is InChI=1S/C22H34N2O3S/c1-26-15-13-23-11-9-18(10-12-23)16-24(17-19-6-5-14-27-19)22(25)20-7-3-4-8-21(20)28-2/h3-4,7-8,18-19H,5-6,9-17H2,1-2H3/t19-/m1/s1. The highest BCUT2D eigenvalue weighted by Crippen LogP contribution is 2.25. The Kier molecular flexibility index (Phi) is 8.65. The van der Waals surface area contributed by atoms with Gasteiger partial charge in [-0.1, -0.05) is 12.1 Å². The van der Waals surface area contributed by atoms with Gasteiger partial charge < -0.3 is 19.3 Å². The number of carbonyl (C=O) groups excluding carboxylic acids is 1. The van der Waals surface area contributed by atoms with Gasteiger partial charge in [-0.3, -0.25) is 4.79 Å². The van der Waals surface area contributed by atoms with Gasteiger partial charge in [-0.15, -0.1) is 11.8 Å². The topological polar surface area (TPSA) is 42.0 Å². The summed E-state index contributed by atoms with van der Waals surface area (Å²) in [5.74, 6) is 0.716. The lowest BCUT2D eigenvalue weighted by atomic mass is 9.95. The fraction of sp³-hybridized carbons (Fsp3) is 0.682. The summed E-state index contributed by atoms with van der Waals surface area (Å²) < 4.78 is 11.1. The predicted molar refractivity (Wildman–Crippen MR) is 114 cm³/mol. The van der Waals surface area contributed by atoms with Crippen molar-refractivity contribution in [3.8, 4) is 0 Å². The van der Waals surface area contributed by atoms with Gasteiger partial charge in [0.15, 0.2) is 0 Å². The number of piperidine rings is 1. The second-order valence-electron chi connectivity index (χ2n) is 7.82. The zero-order valence-corrected chi connectivity index (χ0v) is 18.1. The Morgan fingerprint density at radius 3 is 2.71 bits per heavy atom. The highest BCUT2D eigenvalue weighted by Gasteiger charge is 2.28. The quantitative estimate of drug-likeness (QED) is 0.588. The Balaban J connectivity index is 1.64. The first-order valence-electron chi connectivity index (χ1n) is 10.5. The van der Waals surface area contributed by atoms with E-state index >= 15 is 0 Å². The van der Waals surface area contributed by atoms with E-state index in [9.17, 15) is 4.79 Å². The molecule has 0 N–H and O–H groups in total. The van der Waals surface area contributed by atoms with E-state index in [4.69, 9.17) is 9.47 Å². The Morgan fingerprint density at radius 2 is 2.04 bits per heavy atom. The molecule has 3 rings (SSSR count). The molecule has 1 atom stereocenters. The van der Waals surface area contributed by atoms with Crippen molar-refractivity contribution in [3.05, 3.63) is 29.8 Å². The van der Waals surface area contributed by atoms with Crippen molar-refractivity contribution < 1.29 is 14.3 Å². The summed E-state index contributed by atoms with van der Waals surface area (Å²) in [4.78, 5) is 19.0. The minimum atomic E-state index is 0.155. The van der Waals surface area contributed by atoms with Crippen LogP contribution in [0.2, 0.25) is 0 Å². The third-order valence-electron chi connectivity index (χ3n) is 5.87. The molecule has 0 saturated carbocycles. The van der Waals surface area contributed by atoms with Crippen LogP contribution in [0.3, 0.4) is 0 Å². The van der Waals surface area contributed by atoms with Crippen molar-refractivity contribution in [1.29, 1.82) is 0 Å². The number of benzene rings is 1. The molecule has 5 nitrogen and oxygen atoms in total. The molecule has 28 heavy (non-hydrogen) atoms. The van der Waals surface area contributed by atoms with E-state index in [1.165, 1.54) is 0 Å². The van der Waals surface area contributed by atoms with Gasteiger partial charge in [0.05, 0.1) is 18.3 Å². The van der Waals surface area contributed by atoms with E-state index in [1.54, 1.807) is 18.9 Å². The summed E-state index contributed by atoms with van der Waals surface area (Å²) >= 11 is 1.64. The third kappa shape index (κ3) is 5.96. The summed E-state index contributed by atoms with van der Waals surface area (Å²) in [6.45, 7) is 6.36. The number of hydrogen-bond donors (Lipinski definition) is 0. The second-order valence-corrected chi connectivity index (χ2v) is 8.67. The summed E-state index contributed by atoms with van der Waals surface area (Å²) in [5.41, 5.74) is 0.825. The van der Waals surface area contributed by atoms with Crippen molar-refractivity contribution in [2.24, 2.45) is 5.92 Å². The zero-order valence-electron chi connectivity index (χ0n) is 17.3. The van der Waals surface area contributed by atoms with Crippen molar-refractivity contribution in [2.75, 3.05) is 59.3 Å². The van der Waals surface area contributed by atoms with Crippen molar-refractivity contribution in [2.45, 2.75) is 36.7 Å². The number of methoxy groups -OCH3 is 1. The molecule has 2 fully saturated rings. The maximum atomic E-state index is 13.4. The van der Waals surface area contributed by atoms with E-state index in [0.29, 0.717) is 12.5 Å². The molecular weight excluding hydrogens is 372 g/mol. The Morgan fingerprint density at radius 1 is 1.25 bits per heavy atom. The normalized spacial score (nSPS) is 21.1. The van der Waals surface area contributed by atoms with Crippen LogP contribution in [0.5, 0.6) is 0 Å². The van der Waals surface area contributed by atoms with Crippen LogP contribution in [0.1, 0.15) is 36.0 Å². The van der Waals surface area contributed by atoms with Gasteiger partial charge in [0.2, 0.25) is 0 Å². The maximum Gasteiger partial charge on any atom is 0.255 e. The number of amides is 1. The lowest BCUT2D eigenvalue weighted by Gasteiger charge is -2.35. The van der Waals surface area contributed by atoms with E-state index in [-0.39, 0.29) is 12.0 Å².